The van der Waals surface area contributed by atoms with Crippen LogP contribution in [-0.4, -0.2) is 44.8 Å². The first-order valence-corrected chi connectivity index (χ1v) is 9.58. The second kappa shape index (κ2) is 8.23. The maximum Gasteiger partial charge on any atom is 0.325 e. The van der Waals surface area contributed by atoms with Crippen LogP contribution < -0.4 is 0 Å². The van der Waals surface area contributed by atoms with E-state index in [-0.39, 0.29) is 0 Å². The van der Waals surface area contributed by atoms with Crippen molar-refractivity contribution in [1.29, 1.82) is 0 Å². The zero-order valence-corrected chi connectivity index (χ0v) is 16.7. The summed E-state index contributed by atoms with van der Waals surface area (Å²) in [4.78, 5) is 16.1. The lowest BCUT2D eigenvalue weighted by molar-refractivity contribution is -0.143. The van der Waals surface area contributed by atoms with Crippen molar-refractivity contribution < 1.29 is 9.90 Å². The summed E-state index contributed by atoms with van der Waals surface area (Å²) in [5.74, 6) is -0.253. The number of benzene rings is 1. The van der Waals surface area contributed by atoms with Gasteiger partial charge in [0.05, 0.1) is 6.20 Å². The lowest BCUT2D eigenvalue weighted by Crippen LogP contribution is -2.30. The van der Waals surface area contributed by atoms with E-state index in [1.165, 1.54) is 11.1 Å². The van der Waals surface area contributed by atoms with E-state index >= 15 is 0 Å². The van der Waals surface area contributed by atoms with Crippen LogP contribution in [0.5, 0.6) is 0 Å². The number of nitrogens with zero attached hydrogens (tertiary/aromatic N) is 4. The molecule has 27 heavy (non-hydrogen) atoms. The molecule has 6 nitrogen and oxygen atoms in total. The maximum atomic E-state index is 12.0. The molecular formula is C21H30N4O2. The summed E-state index contributed by atoms with van der Waals surface area (Å²) in [5.41, 5.74) is 4.58. The lowest BCUT2D eigenvalue weighted by atomic mass is 10.0. The number of likely N-dealkylation sites (N-methyl/N-ethyl adjacent to an activating group) is 1. The average Bonchev–Trinajstić information content (AvgIpc) is 3.18. The Morgan fingerprint density at radius 1 is 1.30 bits per heavy atom. The Morgan fingerprint density at radius 3 is 2.74 bits per heavy atom. The molecule has 1 aliphatic rings. The van der Waals surface area contributed by atoms with E-state index in [1.54, 1.807) is 6.20 Å². The molecule has 1 N–H and O–H groups in total. The standard InChI is InChI=1S/C21H30N4O2/c1-15(2)7-8-25-14-19(10-22-25)20(21(26)27)24(4)11-16-5-6-17-12-23(3)13-18(17)9-16/h5-6,9-10,14-15,20H,7-8,11-13H2,1-4H3,(H,26,27). The number of carbonyl (C=O) groups is 1. The van der Waals surface area contributed by atoms with Gasteiger partial charge < -0.3 is 5.11 Å². The van der Waals surface area contributed by atoms with Crippen molar-refractivity contribution in [2.75, 3.05) is 14.1 Å². The summed E-state index contributed by atoms with van der Waals surface area (Å²) in [5, 5.41) is 14.2. The number of hydrogen-bond acceptors (Lipinski definition) is 4. The van der Waals surface area contributed by atoms with Gasteiger partial charge in [-0.25, -0.2) is 0 Å². The van der Waals surface area contributed by atoms with Gasteiger partial charge in [-0.15, -0.1) is 0 Å². The fraction of sp³-hybridized carbons (Fsp3) is 0.524. The molecule has 0 bridgehead atoms. The summed E-state index contributed by atoms with van der Waals surface area (Å²) >= 11 is 0. The molecule has 0 fully saturated rings. The lowest BCUT2D eigenvalue weighted by Gasteiger charge is -2.24. The van der Waals surface area contributed by atoms with E-state index < -0.39 is 12.0 Å². The molecule has 1 unspecified atom stereocenters. The third-order valence-electron chi connectivity index (χ3n) is 5.16. The highest BCUT2D eigenvalue weighted by molar-refractivity contribution is 5.75. The molecule has 2 heterocycles. The first-order valence-electron chi connectivity index (χ1n) is 9.58. The van der Waals surface area contributed by atoms with E-state index in [9.17, 15) is 9.90 Å². The SMILES string of the molecule is CC(C)CCn1cc(C(C(=O)O)N(C)Cc2ccc3c(c2)CN(C)C3)cn1. The summed E-state index contributed by atoms with van der Waals surface area (Å²) in [6.45, 7) is 7.69. The molecule has 0 saturated carbocycles. The molecule has 146 valence electrons. The number of carboxylic acid groups (broad SMARTS) is 1. The van der Waals surface area contributed by atoms with Crippen molar-refractivity contribution >= 4 is 5.97 Å². The molecule has 0 saturated heterocycles. The van der Waals surface area contributed by atoms with Gasteiger partial charge in [-0.2, -0.15) is 5.10 Å². The van der Waals surface area contributed by atoms with Gasteiger partial charge in [0.1, 0.15) is 6.04 Å². The van der Waals surface area contributed by atoms with Crippen LogP contribution in [0.4, 0.5) is 0 Å². The number of aryl methyl sites for hydroxylation is 1. The quantitative estimate of drug-likeness (QED) is 0.773. The average molecular weight is 370 g/mol. The Kier molecular flexibility index (Phi) is 5.97. The molecule has 0 amide bonds. The van der Waals surface area contributed by atoms with E-state index in [0.29, 0.717) is 12.5 Å². The third-order valence-corrected chi connectivity index (χ3v) is 5.16. The van der Waals surface area contributed by atoms with Gasteiger partial charge in [0, 0.05) is 37.9 Å². The monoisotopic (exact) mass is 370 g/mol. The second-order valence-corrected chi connectivity index (χ2v) is 8.15. The van der Waals surface area contributed by atoms with Crippen LogP contribution in [0.3, 0.4) is 0 Å². The zero-order valence-electron chi connectivity index (χ0n) is 16.7. The van der Waals surface area contributed by atoms with Gasteiger partial charge in [0.25, 0.3) is 0 Å². The first-order chi connectivity index (χ1) is 12.8. The Morgan fingerprint density at radius 2 is 2.04 bits per heavy atom. The number of aromatic nitrogens is 2. The highest BCUT2D eigenvalue weighted by Crippen LogP contribution is 2.25. The number of carboxylic acids is 1. The zero-order chi connectivity index (χ0) is 19.6. The van der Waals surface area contributed by atoms with E-state index in [4.69, 9.17) is 0 Å². The number of aliphatic carboxylic acids is 1. The Bertz CT molecular complexity index is 799. The number of hydrogen-bond donors (Lipinski definition) is 1. The predicted octanol–water partition coefficient (Wildman–Crippen LogP) is 3.13. The normalized spacial score (nSPS) is 15.5. The van der Waals surface area contributed by atoms with Crippen LogP contribution in [-0.2, 0) is 31.0 Å². The van der Waals surface area contributed by atoms with Gasteiger partial charge in [-0.1, -0.05) is 32.0 Å². The number of fused-ring (bicyclic) bond motifs is 1. The molecule has 6 heteroatoms. The summed E-state index contributed by atoms with van der Waals surface area (Å²) in [7, 11) is 3.98. The molecule has 2 aromatic rings. The van der Waals surface area contributed by atoms with E-state index in [2.05, 4.69) is 49.1 Å². The van der Waals surface area contributed by atoms with Gasteiger partial charge in [-0.3, -0.25) is 19.3 Å². The predicted molar refractivity (Wildman–Crippen MR) is 105 cm³/mol. The molecule has 3 rings (SSSR count). The van der Waals surface area contributed by atoms with Crippen molar-refractivity contribution in [3.05, 3.63) is 52.8 Å². The van der Waals surface area contributed by atoms with Crippen molar-refractivity contribution in [3.63, 3.8) is 0 Å². The van der Waals surface area contributed by atoms with Gasteiger partial charge in [-0.05, 0) is 43.1 Å². The Labute approximate surface area is 161 Å². The number of rotatable bonds is 8. The van der Waals surface area contributed by atoms with Crippen LogP contribution in [0.2, 0.25) is 0 Å². The summed E-state index contributed by atoms with van der Waals surface area (Å²) in [6.07, 6.45) is 4.58. The molecule has 0 spiro atoms. The van der Waals surface area contributed by atoms with Gasteiger partial charge >= 0.3 is 5.97 Å². The van der Waals surface area contributed by atoms with E-state index in [0.717, 1.165) is 37.2 Å². The topological polar surface area (TPSA) is 61.6 Å². The summed E-state index contributed by atoms with van der Waals surface area (Å²) < 4.78 is 1.85. The summed E-state index contributed by atoms with van der Waals surface area (Å²) in [6, 6.07) is 5.79. The van der Waals surface area contributed by atoms with Crippen LogP contribution in [0.15, 0.2) is 30.6 Å². The molecule has 0 radical (unpaired) electrons. The molecule has 0 aliphatic carbocycles. The molecule has 1 atom stereocenters. The second-order valence-electron chi connectivity index (χ2n) is 8.15. The fourth-order valence-corrected chi connectivity index (χ4v) is 3.71. The fourth-order valence-electron chi connectivity index (χ4n) is 3.71. The molecule has 1 aromatic heterocycles. The highest BCUT2D eigenvalue weighted by atomic mass is 16.4. The smallest absolute Gasteiger partial charge is 0.325 e. The first kappa shape index (κ1) is 19.6. The minimum Gasteiger partial charge on any atom is -0.480 e. The van der Waals surface area contributed by atoms with Crippen molar-refractivity contribution in [2.24, 2.45) is 5.92 Å². The van der Waals surface area contributed by atoms with E-state index in [1.807, 2.05) is 22.8 Å². The van der Waals surface area contributed by atoms with Crippen LogP contribution in [0.1, 0.15) is 48.6 Å². The van der Waals surface area contributed by atoms with Gasteiger partial charge in [0.15, 0.2) is 0 Å². The largest absolute Gasteiger partial charge is 0.480 e. The van der Waals surface area contributed by atoms with Crippen LogP contribution in [0, 0.1) is 5.92 Å². The van der Waals surface area contributed by atoms with Crippen LogP contribution >= 0.6 is 0 Å². The minimum absolute atomic E-state index is 0.588. The van der Waals surface area contributed by atoms with Crippen molar-refractivity contribution in [3.8, 4) is 0 Å². The molecule has 1 aliphatic heterocycles. The third kappa shape index (κ3) is 4.76. The Balaban J connectivity index is 1.72. The Hall–Kier alpha value is -2.18. The maximum absolute atomic E-state index is 12.0. The van der Waals surface area contributed by atoms with Gasteiger partial charge in [0.2, 0.25) is 0 Å². The highest BCUT2D eigenvalue weighted by Gasteiger charge is 2.26. The molecule has 1 aromatic carbocycles. The van der Waals surface area contributed by atoms with Crippen molar-refractivity contribution in [1.82, 2.24) is 19.6 Å². The van der Waals surface area contributed by atoms with Crippen LogP contribution in [0.25, 0.3) is 0 Å². The molecular weight excluding hydrogens is 340 g/mol. The minimum atomic E-state index is -0.846. The van der Waals surface area contributed by atoms with Crippen molar-refractivity contribution in [2.45, 2.75) is 52.5 Å².